The minimum Gasteiger partial charge on any atom is -0.371 e. The van der Waals surface area contributed by atoms with Gasteiger partial charge in [-0.3, -0.25) is 4.79 Å². The van der Waals surface area contributed by atoms with Gasteiger partial charge in [-0.05, 0) is 33.1 Å². The molecule has 0 aliphatic heterocycles. The number of aryl methyl sites for hydroxylation is 1. The smallest absolute Gasteiger partial charge is 0.254 e. The Balaban J connectivity index is 2.53. The van der Waals surface area contributed by atoms with Crippen LogP contribution in [0, 0.1) is 0 Å². The maximum atomic E-state index is 11.7. The summed E-state index contributed by atoms with van der Waals surface area (Å²) in [5.74, 6) is 0.621. The molecule has 0 saturated heterocycles. The normalized spacial score (nSPS) is 15.4. The van der Waals surface area contributed by atoms with E-state index in [1.807, 2.05) is 13.8 Å². The highest BCUT2D eigenvalue weighted by atomic mass is 16.5. The zero-order valence-corrected chi connectivity index (χ0v) is 9.39. The van der Waals surface area contributed by atoms with Crippen LogP contribution in [0.25, 0.3) is 0 Å². The summed E-state index contributed by atoms with van der Waals surface area (Å²) in [6, 6.07) is 0. The van der Waals surface area contributed by atoms with Gasteiger partial charge < -0.3 is 9.72 Å². The fourth-order valence-corrected chi connectivity index (χ4v) is 1.82. The Labute approximate surface area is 88.7 Å². The van der Waals surface area contributed by atoms with E-state index in [1.165, 1.54) is 0 Å². The molecule has 0 fully saturated rings. The minimum absolute atomic E-state index is 0.00220. The van der Waals surface area contributed by atoms with Crippen molar-refractivity contribution in [3.05, 3.63) is 27.4 Å². The monoisotopic (exact) mass is 208 g/mol. The quantitative estimate of drug-likeness (QED) is 0.793. The molecule has 1 heterocycles. The molecule has 2 rings (SSSR count). The van der Waals surface area contributed by atoms with Gasteiger partial charge in [0.2, 0.25) is 0 Å². The van der Waals surface area contributed by atoms with Crippen LogP contribution in [-0.2, 0) is 23.2 Å². The van der Waals surface area contributed by atoms with Crippen LogP contribution >= 0.6 is 0 Å². The highest BCUT2D eigenvalue weighted by molar-refractivity contribution is 5.23. The molecule has 0 unspecified atom stereocenters. The maximum absolute atomic E-state index is 11.7. The second-order valence-corrected chi connectivity index (χ2v) is 4.41. The Morgan fingerprint density at radius 3 is 2.80 bits per heavy atom. The van der Waals surface area contributed by atoms with E-state index in [2.05, 4.69) is 9.97 Å². The highest BCUT2D eigenvalue weighted by Crippen LogP contribution is 2.22. The highest BCUT2D eigenvalue weighted by Gasteiger charge is 2.26. The summed E-state index contributed by atoms with van der Waals surface area (Å²) in [6.07, 6.45) is 2.79. The SMILES string of the molecule is COC(C)(C)c1nc2c(c(=O)[nH]1)CCC2. The van der Waals surface area contributed by atoms with Crippen molar-refractivity contribution < 1.29 is 4.74 Å². The summed E-state index contributed by atoms with van der Waals surface area (Å²) < 4.78 is 5.31. The molecular weight excluding hydrogens is 192 g/mol. The first-order chi connectivity index (χ1) is 7.04. The topological polar surface area (TPSA) is 55.0 Å². The summed E-state index contributed by atoms with van der Waals surface area (Å²) in [6.45, 7) is 3.79. The maximum Gasteiger partial charge on any atom is 0.254 e. The third-order valence-corrected chi connectivity index (χ3v) is 3.02. The van der Waals surface area contributed by atoms with Gasteiger partial charge in [0.25, 0.3) is 5.56 Å². The van der Waals surface area contributed by atoms with E-state index in [0.717, 1.165) is 30.5 Å². The van der Waals surface area contributed by atoms with Crippen molar-refractivity contribution in [2.45, 2.75) is 38.7 Å². The van der Waals surface area contributed by atoms with Crippen molar-refractivity contribution in [3.63, 3.8) is 0 Å². The van der Waals surface area contributed by atoms with Gasteiger partial charge in [-0.25, -0.2) is 4.98 Å². The lowest BCUT2D eigenvalue weighted by Crippen LogP contribution is -2.28. The fourth-order valence-electron chi connectivity index (χ4n) is 1.82. The van der Waals surface area contributed by atoms with Crippen LogP contribution in [0.4, 0.5) is 0 Å². The Hall–Kier alpha value is -1.16. The lowest BCUT2D eigenvalue weighted by molar-refractivity contribution is 0.0111. The lowest BCUT2D eigenvalue weighted by atomic mass is 10.1. The van der Waals surface area contributed by atoms with Crippen LogP contribution < -0.4 is 5.56 Å². The number of aromatic nitrogens is 2. The average molecular weight is 208 g/mol. The van der Waals surface area contributed by atoms with Gasteiger partial charge in [0.15, 0.2) is 0 Å². The molecule has 0 amide bonds. The average Bonchev–Trinajstić information content (AvgIpc) is 2.66. The van der Waals surface area contributed by atoms with Crippen molar-refractivity contribution >= 4 is 0 Å². The van der Waals surface area contributed by atoms with E-state index in [0.29, 0.717) is 5.82 Å². The number of ether oxygens (including phenoxy) is 1. The molecule has 1 N–H and O–H groups in total. The van der Waals surface area contributed by atoms with Crippen molar-refractivity contribution in [2.75, 3.05) is 7.11 Å². The van der Waals surface area contributed by atoms with E-state index in [1.54, 1.807) is 7.11 Å². The molecule has 0 aromatic carbocycles. The molecule has 0 saturated carbocycles. The molecule has 0 atom stereocenters. The van der Waals surface area contributed by atoms with Crippen LogP contribution in [0.2, 0.25) is 0 Å². The van der Waals surface area contributed by atoms with Crippen molar-refractivity contribution in [1.29, 1.82) is 0 Å². The molecule has 0 bridgehead atoms. The van der Waals surface area contributed by atoms with E-state index in [4.69, 9.17) is 4.74 Å². The number of fused-ring (bicyclic) bond motifs is 1. The Bertz CT molecular complexity index is 435. The number of aromatic amines is 1. The van der Waals surface area contributed by atoms with Crippen LogP contribution in [0.15, 0.2) is 4.79 Å². The second kappa shape index (κ2) is 3.45. The third-order valence-electron chi connectivity index (χ3n) is 3.02. The van der Waals surface area contributed by atoms with Gasteiger partial charge in [0.05, 0.1) is 5.69 Å². The molecule has 0 spiro atoms. The summed E-state index contributed by atoms with van der Waals surface area (Å²) in [5, 5.41) is 0. The Morgan fingerprint density at radius 1 is 1.40 bits per heavy atom. The lowest BCUT2D eigenvalue weighted by Gasteiger charge is -2.22. The fraction of sp³-hybridized carbons (Fsp3) is 0.636. The predicted molar refractivity (Wildman–Crippen MR) is 56.9 cm³/mol. The van der Waals surface area contributed by atoms with Crippen LogP contribution in [0.1, 0.15) is 37.4 Å². The van der Waals surface area contributed by atoms with Crippen molar-refractivity contribution in [3.8, 4) is 0 Å². The zero-order valence-electron chi connectivity index (χ0n) is 9.39. The number of H-pyrrole nitrogens is 1. The number of hydrogen-bond acceptors (Lipinski definition) is 3. The Kier molecular flexibility index (Phi) is 2.38. The van der Waals surface area contributed by atoms with Gasteiger partial charge in [-0.1, -0.05) is 0 Å². The molecule has 1 aromatic heterocycles. The summed E-state index contributed by atoms with van der Waals surface area (Å²) >= 11 is 0. The molecular formula is C11H16N2O2. The molecule has 15 heavy (non-hydrogen) atoms. The number of nitrogens with one attached hydrogen (secondary N) is 1. The van der Waals surface area contributed by atoms with Crippen molar-refractivity contribution in [2.24, 2.45) is 0 Å². The standard InChI is InChI=1S/C11H16N2O2/c1-11(2,15-3)10-12-8-6-4-5-7(8)9(14)13-10/h4-6H2,1-3H3,(H,12,13,14). The first kappa shape index (κ1) is 10.4. The van der Waals surface area contributed by atoms with Gasteiger partial charge in [-0.2, -0.15) is 0 Å². The van der Waals surface area contributed by atoms with Gasteiger partial charge in [-0.15, -0.1) is 0 Å². The van der Waals surface area contributed by atoms with E-state index >= 15 is 0 Å². The largest absolute Gasteiger partial charge is 0.371 e. The van der Waals surface area contributed by atoms with Gasteiger partial charge in [0, 0.05) is 12.7 Å². The van der Waals surface area contributed by atoms with E-state index < -0.39 is 5.60 Å². The number of hydrogen-bond donors (Lipinski definition) is 1. The predicted octanol–water partition coefficient (Wildman–Crippen LogP) is 1.14. The van der Waals surface area contributed by atoms with Crippen LogP contribution in [0.5, 0.6) is 0 Å². The van der Waals surface area contributed by atoms with Crippen LogP contribution in [0.3, 0.4) is 0 Å². The molecule has 0 radical (unpaired) electrons. The van der Waals surface area contributed by atoms with Gasteiger partial charge in [0.1, 0.15) is 11.4 Å². The van der Waals surface area contributed by atoms with Crippen molar-refractivity contribution in [1.82, 2.24) is 9.97 Å². The molecule has 1 aromatic rings. The second-order valence-electron chi connectivity index (χ2n) is 4.41. The first-order valence-electron chi connectivity index (χ1n) is 5.22. The molecule has 4 nitrogen and oxygen atoms in total. The van der Waals surface area contributed by atoms with Gasteiger partial charge >= 0.3 is 0 Å². The first-order valence-corrected chi connectivity index (χ1v) is 5.22. The Morgan fingerprint density at radius 2 is 2.13 bits per heavy atom. The number of nitrogens with zero attached hydrogens (tertiary/aromatic N) is 1. The molecule has 1 aliphatic carbocycles. The van der Waals surface area contributed by atoms with E-state index in [9.17, 15) is 4.79 Å². The number of rotatable bonds is 2. The van der Waals surface area contributed by atoms with E-state index in [-0.39, 0.29) is 5.56 Å². The zero-order chi connectivity index (χ0) is 11.1. The molecule has 82 valence electrons. The minimum atomic E-state index is -0.531. The summed E-state index contributed by atoms with van der Waals surface area (Å²) in [4.78, 5) is 19.0. The molecule has 1 aliphatic rings. The molecule has 4 heteroatoms. The van der Waals surface area contributed by atoms with Crippen LogP contribution in [-0.4, -0.2) is 17.1 Å². The summed E-state index contributed by atoms with van der Waals surface area (Å²) in [5.41, 5.74) is 1.26. The number of methoxy groups -OCH3 is 1. The third kappa shape index (κ3) is 1.69. The summed E-state index contributed by atoms with van der Waals surface area (Å²) in [7, 11) is 1.62.